The molecule has 0 aliphatic heterocycles. The zero-order chi connectivity index (χ0) is 22.9. The molecule has 0 aromatic heterocycles. The van der Waals surface area contributed by atoms with Gasteiger partial charge in [-0.15, -0.1) is 0 Å². The number of ether oxygens (including phenoxy) is 1. The number of esters is 1. The van der Waals surface area contributed by atoms with Crippen LogP contribution >= 0.6 is 0 Å². The van der Waals surface area contributed by atoms with E-state index in [1.54, 1.807) is 16.9 Å². The third-order valence-electron chi connectivity index (χ3n) is 4.87. The van der Waals surface area contributed by atoms with Gasteiger partial charge >= 0.3 is 5.97 Å². The van der Waals surface area contributed by atoms with Gasteiger partial charge in [-0.1, -0.05) is 36.4 Å². The highest BCUT2D eigenvalue weighted by Gasteiger charge is 2.09. The smallest absolute Gasteiger partial charge is 0.330 e. The van der Waals surface area contributed by atoms with E-state index in [9.17, 15) is 14.0 Å². The first-order valence-corrected chi connectivity index (χ1v) is 9.94. The maximum atomic E-state index is 14.2. The van der Waals surface area contributed by atoms with E-state index >= 15 is 0 Å². The van der Waals surface area contributed by atoms with E-state index in [0.717, 1.165) is 22.4 Å². The van der Waals surface area contributed by atoms with Gasteiger partial charge in [-0.2, -0.15) is 0 Å². The van der Waals surface area contributed by atoms with Crippen LogP contribution in [-0.2, 0) is 20.9 Å². The summed E-state index contributed by atoms with van der Waals surface area (Å²) < 4.78 is 18.7. The molecule has 3 rings (SSSR count). The monoisotopic (exact) mass is 430 g/mol. The van der Waals surface area contributed by atoms with Crippen LogP contribution in [0.25, 0.3) is 17.2 Å². The number of carbonyl (C=O) groups excluding carboxylic acids is 2. The maximum absolute atomic E-state index is 14.2. The molecule has 0 fully saturated rings. The predicted octanol–water partition coefficient (Wildman–Crippen LogP) is 5.07. The van der Waals surface area contributed by atoms with Crippen LogP contribution in [0.5, 0.6) is 0 Å². The molecular weight excluding hydrogens is 407 g/mol. The van der Waals surface area contributed by atoms with Crippen molar-refractivity contribution in [3.05, 3.63) is 96.0 Å². The Hall–Kier alpha value is -4.15. The number of rotatable bonds is 8. The lowest BCUT2D eigenvalue weighted by atomic mass is 10.0. The van der Waals surface area contributed by atoms with Gasteiger partial charge in [0.15, 0.2) is 0 Å². The summed E-state index contributed by atoms with van der Waals surface area (Å²) in [6.07, 6.45) is 3.89. The minimum absolute atomic E-state index is 0.345. The van der Waals surface area contributed by atoms with Gasteiger partial charge in [0.1, 0.15) is 11.8 Å². The zero-order valence-corrected chi connectivity index (χ0v) is 17.8. The van der Waals surface area contributed by atoms with Gasteiger partial charge in [0.2, 0.25) is 0 Å². The summed E-state index contributed by atoms with van der Waals surface area (Å²) in [5.41, 5.74) is 5.06. The second-order valence-corrected chi connectivity index (χ2v) is 7.00. The fourth-order valence-corrected chi connectivity index (χ4v) is 3.19. The van der Waals surface area contributed by atoms with Gasteiger partial charge in [0, 0.05) is 31.0 Å². The van der Waals surface area contributed by atoms with Crippen LogP contribution in [0.1, 0.15) is 11.1 Å². The molecule has 3 aromatic carbocycles. The van der Waals surface area contributed by atoms with E-state index in [2.05, 4.69) is 10.1 Å². The molecule has 0 spiro atoms. The average Bonchev–Trinajstić information content (AvgIpc) is 2.82. The fourth-order valence-electron chi connectivity index (χ4n) is 3.19. The largest absolute Gasteiger partial charge is 0.466 e. The Kier molecular flexibility index (Phi) is 7.57. The minimum atomic E-state index is -0.541. The number of hydrogen-bond acceptors (Lipinski definition) is 5. The first-order valence-electron chi connectivity index (χ1n) is 9.94. The fraction of sp³-hybridized carbons (Fsp3) is 0.115. The summed E-state index contributed by atoms with van der Waals surface area (Å²) in [7, 11) is 3.14. The lowest BCUT2D eigenvalue weighted by molar-refractivity contribution is -0.134. The van der Waals surface area contributed by atoms with E-state index in [1.165, 1.54) is 37.6 Å². The predicted molar refractivity (Wildman–Crippen MR) is 125 cm³/mol. The van der Waals surface area contributed by atoms with Crippen molar-refractivity contribution >= 4 is 29.4 Å². The van der Waals surface area contributed by atoms with Gasteiger partial charge in [-0.05, 0) is 58.7 Å². The number of methoxy groups -OCH3 is 1. The number of halogens is 1. The third kappa shape index (κ3) is 5.94. The quantitative estimate of drug-likeness (QED) is 0.307. The van der Waals surface area contributed by atoms with Crippen LogP contribution in [0.15, 0.2) is 79.0 Å². The molecule has 162 valence electrons. The van der Waals surface area contributed by atoms with Crippen LogP contribution in [0.4, 0.5) is 15.8 Å². The number of nitrogens with zero attached hydrogens (tertiary/aromatic N) is 1. The molecule has 0 aliphatic carbocycles. The van der Waals surface area contributed by atoms with Crippen molar-refractivity contribution < 1.29 is 18.7 Å². The van der Waals surface area contributed by atoms with E-state index in [4.69, 9.17) is 0 Å². The Bertz CT molecular complexity index is 1150. The van der Waals surface area contributed by atoms with Crippen molar-refractivity contribution in [3.8, 4) is 11.1 Å². The van der Waals surface area contributed by atoms with Crippen LogP contribution in [0.2, 0.25) is 0 Å². The third-order valence-corrected chi connectivity index (χ3v) is 4.87. The standard InChI is InChI=1S/C26H23FN2O3/c1-28-24-10-8-22(9-11-24)21-6-3-19(4-7-21)18-29(13-14-30)25-16-20(15-23(27)17-25)5-12-26(31)32-2/h3-13,15-17,28H,18H2,1-2H3/b12-5+. The molecule has 3 aromatic rings. The first-order chi connectivity index (χ1) is 15.5. The molecule has 6 heteroatoms. The molecule has 1 N–H and O–H groups in total. The lowest BCUT2D eigenvalue weighted by Crippen LogP contribution is -2.16. The highest BCUT2D eigenvalue weighted by molar-refractivity contribution is 5.87. The topological polar surface area (TPSA) is 58.6 Å². The first kappa shape index (κ1) is 22.5. The van der Waals surface area contributed by atoms with Crippen LogP contribution < -0.4 is 10.2 Å². The van der Waals surface area contributed by atoms with Gasteiger partial charge in [0.05, 0.1) is 13.3 Å². The maximum Gasteiger partial charge on any atom is 0.330 e. The Labute approximate surface area is 186 Å². The second-order valence-electron chi connectivity index (χ2n) is 7.00. The van der Waals surface area contributed by atoms with Crippen molar-refractivity contribution in [2.24, 2.45) is 0 Å². The molecule has 0 unspecified atom stereocenters. The van der Waals surface area contributed by atoms with Gasteiger partial charge in [0.25, 0.3) is 0 Å². The molecule has 0 saturated carbocycles. The van der Waals surface area contributed by atoms with Gasteiger partial charge in [-0.25, -0.2) is 14.0 Å². The summed E-state index contributed by atoms with van der Waals surface area (Å²) in [5.74, 6) is 0.733. The molecule has 0 heterocycles. The summed E-state index contributed by atoms with van der Waals surface area (Å²) in [6, 6.07) is 20.3. The molecule has 5 nitrogen and oxygen atoms in total. The Morgan fingerprint density at radius 2 is 1.72 bits per heavy atom. The number of carbonyl (C=O) groups is 1. The SMILES string of the molecule is CNc1ccc(-c2ccc(CN(C=C=O)c3cc(F)cc(/C=C/C(=O)OC)c3)cc2)cc1. The molecule has 0 atom stereocenters. The van der Waals surface area contributed by atoms with E-state index in [1.807, 2.05) is 55.6 Å². The van der Waals surface area contributed by atoms with Crippen molar-refractivity contribution in [1.29, 1.82) is 0 Å². The molecule has 0 saturated heterocycles. The minimum Gasteiger partial charge on any atom is -0.466 e. The molecule has 0 bridgehead atoms. The van der Waals surface area contributed by atoms with Gasteiger partial charge in [-0.3, -0.25) is 0 Å². The van der Waals surface area contributed by atoms with Crippen molar-refractivity contribution in [2.75, 3.05) is 24.4 Å². The van der Waals surface area contributed by atoms with Crippen molar-refractivity contribution in [1.82, 2.24) is 0 Å². The van der Waals surface area contributed by atoms with E-state index in [-0.39, 0.29) is 0 Å². The normalized spacial score (nSPS) is 10.5. The summed E-state index contributed by atoms with van der Waals surface area (Å²) >= 11 is 0. The highest BCUT2D eigenvalue weighted by atomic mass is 19.1. The van der Waals surface area contributed by atoms with E-state index in [0.29, 0.717) is 17.8 Å². The Morgan fingerprint density at radius 1 is 1.06 bits per heavy atom. The Balaban J connectivity index is 1.82. The molecule has 0 aliphatic rings. The second kappa shape index (κ2) is 10.8. The van der Waals surface area contributed by atoms with E-state index < -0.39 is 11.8 Å². The number of benzene rings is 3. The average molecular weight is 430 g/mol. The lowest BCUT2D eigenvalue weighted by Gasteiger charge is -2.20. The number of nitrogens with one attached hydrogen (secondary N) is 1. The van der Waals surface area contributed by atoms with Gasteiger partial charge < -0.3 is 15.0 Å². The summed E-state index contributed by atoms with van der Waals surface area (Å²) in [6.45, 7) is 0.345. The molecule has 0 radical (unpaired) electrons. The van der Waals surface area contributed by atoms with Crippen LogP contribution in [0, 0.1) is 5.82 Å². The number of hydrogen-bond donors (Lipinski definition) is 1. The molecular formula is C26H23FN2O3. The van der Waals surface area contributed by atoms with Crippen molar-refractivity contribution in [2.45, 2.75) is 6.54 Å². The Morgan fingerprint density at radius 3 is 2.31 bits per heavy atom. The molecule has 0 amide bonds. The van der Waals surface area contributed by atoms with Crippen LogP contribution in [-0.4, -0.2) is 26.1 Å². The summed E-state index contributed by atoms with van der Waals surface area (Å²) in [4.78, 5) is 24.0. The zero-order valence-electron chi connectivity index (χ0n) is 17.8. The summed E-state index contributed by atoms with van der Waals surface area (Å²) in [5, 5.41) is 3.09. The molecule has 32 heavy (non-hydrogen) atoms. The number of anilines is 2. The highest BCUT2D eigenvalue weighted by Crippen LogP contribution is 2.25. The van der Waals surface area contributed by atoms with Crippen LogP contribution in [0.3, 0.4) is 0 Å². The van der Waals surface area contributed by atoms with Crippen molar-refractivity contribution in [3.63, 3.8) is 0 Å².